The molecular weight excluding hydrogens is 174 g/mol. The van der Waals surface area contributed by atoms with Gasteiger partial charge in [-0.2, -0.15) is 0 Å². The molecule has 0 radical (unpaired) electrons. The van der Waals surface area contributed by atoms with Gasteiger partial charge < -0.3 is 0 Å². The standard InChI is InChI=1S/C12H7NO/c14-12-10-4-2-1-3-8(10)9-5-6-13-7-11(9)12/h1-7H. The number of carbonyl (C=O) groups excluding carboxylic acids is 1. The molecule has 2 heteroatoms. The largest absolute Gasteiger partial charge is 0.289 e. The van der Waals surface area contributed by atoms with Crippen molar-refractivity contribution >= 4 is 5.78 Å². The minimum atomic E-state index is 0.0868. The van der Waals surface area contributed by atoms with Crippen LogP contribution < -0.4 is 0 Å². The van der Waals surface area contributed by atoms with E-state index in [0.29, 0.717) is 5.56 Å². The van der Waals surface area contributed by atoms with Gasteiger partial charge in [-0.15, -0.1) is 0 Å². The molecule has 0 spiro atoms. The van der Waals surface area contributed by atoms with E-state index in [2.05, 4.69) is 4.98 Å². The molecule has 3 rings (SSSR count). The maximum absolute atomic E-state index is 11.8. The summed E-state index contributed by atoms with van der Waals surface area (Å²) in [6.07, 6.45) is 3.35. The van der Waals surface area contributed by atoms with E-state index in [1.807, 2.05) is 30.3 Å². The Balaban J connectivity index is 2.42. The molecule has 0 atom stereocenters. The topological polar surface area (TPSA) is 30.0 Å². The molecule has 1 aromatic carbocycles. The zero-order valence-electron chi connectivity index (χ0n) is 7.40. The highest BCUT2D eigenvalue weighted by molar-refractivity contribution is 6.21. The predicted molar refractivity (Wildman–Crippen MR) is 53.1 cm³/mol. The van der Waals surface area contributed by atoms with Crippen molar-refractivity contribution in [3.63, 3.8) is 0 Å². The minimum absolute atomic E-state index is 0.0868. The van der Waals surface area contributed by atoms with Crippen LogP contribution in [0.15, 0.2) is 42.7 Å². The molecule has 0 aliphatic heterocycles. The summed E-state index contributed by atoms with van der Waals surface area (Å²) in [4.78, 5) is 15.8. The Labute approximate surface area is 81.2 Å². The van der Waals surface area contributed by atoms with Crippen molar-refractivity contribution in [2.75, 3.05) is 0 Å². The quantitative estimate of drug-likeness (QED) is 0.532. The number of nitrogens with zero attached hydrogens (tertiary/aromatic N) is 1. The van der Waals surface area contributed by atoms with Crippen LogP contribution >= 0.6 is 0 Å². The fourth-order valence-electron chi connectivity index (χ4n) is 1.87. The number of carbonyl (C=O) groups is 1. The molecule has 2 aromatic rings. The van der Waals surface area contributed by atoms with Gasteiger partial charge >= 0.3 is 0 Å². The van der Waals surface area contributed by atoms with Gasteiger partial charge in [-0.05, 0) is 17.2 Å². The first-order chi connectivity index (χ1) is 6.88. The van der Waals surface area contributed by atoms with Gasteiger partial charge in [0.25, 0.3) is 0 Å². The van der Waals surface area contributed by atoms with E-state index < -0.39 is 0 Å². The Kier molecular flexibility index (Phi) is 1.34. The first kappa shape index (κ1) is 7.44. The Morgan fingerprint density at radius 3 is 2.43 bits per heavy atom. The zero-order valence-corrected chi connectivity index (χ0v) is 7.40. The highest BCUT2D eigenvalue weighted by Gasteiger charge is 2.25. The van der Waals surface area contributed by atoms with Crippen molar-refractivity contribution in [1.82, 2.24) is 4.98 Å². The van der Waals surface area contributed by atoms with E-state index in [-0.39, 0.29) is 5.78 Å². The predicted octanol–water partition coefficient (Wildman–Crippen LogP) is 2.29. The third-order valence-corrected chi connectivity index (χ3v) is 2.53. The van der Waals surface area contributed by atoms with Gasteiger partial charge in [0, 0.05) is 23.5 Å². The fourth-order valence-corrected chi connectivity index (χ4v) is 1.87. The van der Waals surface area contributed by atoms with Gasteiger partial charge in [0.2, 0.25) is 0 Å². The molecule has 1 heterocycles. The number of fused-ring (bicyclic) bond motifs is 3. The average Bonchev–Trinajstić information content (AvgIpc) is 2.55. The molecule has 0 amide bonds. The second kappa shape index (κ2) is 2.51. The summed E-state index contributed by atoms with van der Waals surface area (Å²) in [5.41, 5.74) is 3.53. The molecule has 2 nitrogen and oxygen atoms in total. The summed E-state index contributed by atoms with van der Waals surface area (Å²) in [5.74, 6) is 0.0868. The van der Waals surface area contributed by atoms with Gasteiger partial charge in [-0.25, -0.2) is 0 Å². The molecule has 1 aliphatic rings. The molecule has 66 valence electrons. The molecule has 0 fully saturated rings. The van der Waals surface area contributed by atoms with E-state index in [4.69, 9.17) is 0 Å². The molecule has 0 saturated heterocycles. The first-order valence-corrected chi connectivity index (χ1v) is 4.46. The van der Waals surface area contributed by atoms with E-state index in [1.165, 1.54) is 0 Å². The van der Waals surface area contributed by atoms with Gasteiger partial charge in [0.1, 0.15) is 0 Å². The molecule has 0 bridgehead atoms. The second-order valence-corrected chi connectivity index (χ2v) is 3.30. The molecule has 1 aromatic heterocycles. The molecule has 14 heavy (non-hydrogen) atoms. The third kappa shape index (κ3) is 0.799. The van der Waals surface area contributed by atoms with Crippen molar-refractivity contribution in [2.24, 2.45) is 0 Å². The Morgan fingerprint density at radius 2 is 1.57 bits per heavy atom. The normalized spacial score (nSPS) is 12.4. The minimum Gasteiger partial charge on any atom is -0.289 e. The van der Waals surface area contributed by atoms with Crippen LogP contribution in [-0.4, -0.2) is 10.8 Å². The lowest BCUT2D eigenvalue weighted by Crippen LogP contribution is -1.94. The highest BCUT2D eigenvalue weighted by Crippen LogP contribution is 2.35. The van der Waals surface area contributed by atoms with Crippen LogP contribution in [0.5, 0.6) is 0 Å². The molecule has 1 aliphatic carbocycles. The molecular formula is C12H7NO. The number of ketones is 1. The first-order valence-electron chi connectivity index (χ1n) is 4.46. The van der Waals surface area contributed by atoms with Crippen LogP contribution in [0.3, 0.4) is 0 Å². The third-order valence-electron chi connectivity index (χ3n) is 2.53. The molecule has 0 unspecified atom stereocenters. The monoisotopic (exact) mass is 181 g/mol. The van der Waals surface area contributed by atoms with Crippen molar-refractivity contribution in [3.8, 4) is 11.1 Å². The second-order valence-electron chi connectivity index (χ2n) is 3.30. The average molecular weight is 181 g/mol. The van der Waals surface area contributed by atoms with Crippen LogP contribution in [0.1, 0.15) is 15.9 Å². The molecule has 0 saturated carbocycles. The maximum atomic E-state index is 11.8. The van der Waals surface area contributed by atoms with Crippen molar-refractivity contribution in [3.05, 3.63) is 53.9 Å². The maximum Gasteiger partial charge on any atom is 0.195 e. The summed E-state index contributed by atoms with van der Waals surface area (Å²) in [5, 5.41) is 0. The van der Waals surface area contributed by atoms with Crippen molar-refractivity contribution < 1.29 is 4.79 Å². The smallest absolute Gasteiger partial charge is 0.195 e. The summed E-state index contributed by atoms with van der Waals surface area (Å²) < 4.78 is 0. The lowest BCUT2D eigenvalue weighted by Gasteiger charge is -1.96. The Bertz CT molecular complexity index is 484. The van der Waals surface area contributed by atoms with Crippen molar-refractivity contribution in [2.45, 2.75) is 0 Å². The summed E-state index contributed by atoms with van der Waals surface area (Å²) in [6.45, 7) is 0. The lowest BCUT2D eigenvalue weighted by atomic mass is 10.1. The van der Waals surface area contributed by atoms with E-state index in [9.17, 15) is 4.79 Å². The van der Waals surface area contributed by atoms with Gasteiger partial charge in [-0.1, -0.05) is 24.3 Å². The number of benzene rings is 1. The van der Waals surface area contributed by atoms with Gasteiger partial charge in [0.05, 0.1) is 0 Å². The fraction of sp³-hybridized carbons (Fsp3) is 0. The molecule has 0 N–H and O–H groups in total. The van der Waals surface area contributed by atoms with Crippen LogP contribution in [0.4, 0.5) is 0 Å². The van der Waals surface area contributed by atoms with Crippen LogP contribution in [0.2, 0.25) is 0 Å². The number of aromatic nitrogens is 1. The Morgan fingerprint density at radius 1 is 0.857 bits per heavy atom. The van der Waals surface area contributed by atoms with Crippen LogP contribution in [0, 0.1) is 0 Å². The summed E-state index contributed by atoms with van der Waals surface area (Å²) >= 11 is 0. The number of hydrogen-bond acceptors (Lipinski definition) is 2. The zero-order chi connectivity index (χ0) is 9.54. The van der Waals surface area contributed by atoms with E-state index in [0.717, 1.165) is 16.7 Å². The van der Waals surface area contributed by atoms with E-state index >= 15 is 0 Å². The van der Waals surface area contributed by atoms with E-state index in [1.54, 1.807) is 12.4 Å². The number of rotatable bonds is 0. The van der Waals surface area contributed by atoms with Crippen LogP contribution in [-0.2, 0) is 0 Å². The lowest BCUT2D eigenvalue weighted by molar-refractivity contribution is 0.104. The highest BCUT2D eigenvalue weighted by atomic mass is 16.1. The number of pyridine rings is 1. The Hall–Kier alpha value is -1.96. The van der Waals surface area contributed by atoms with Crippen molar-refractivity contribution in [1.29, 1.82) is 0 Å². The van der Waals surface area contributed by atoms with Crippen LogP contribution in [0.25, 0.3) is 11.1 Å². The summed E-state index contributed by atoms with van der Waals surface area (Å²) in [6, 6.07) is 9.55. The van der Waals surface area contributed by atoms with Gasteiger partial charge in [-0.3, -0.25) is 9.78 Å². The van der Waals surface area contributed by atoms with Gasteiger partial charge in [0.15, 0.2) is 5.78 Å². The number of hydrogen-bond donors (Lipinski definition) is 0. The summed E-state index contributed by atoms with van der Waals surface area (Å²) in [7, 11) is 0. The SMILES string of the molecule is O=C1c2ccccc2-c2ccncc21.